The van der Waals surface area contributed by atoms with Gasteiger partial charge in [-0.2, -0.15) is 0 Å². The lowest BCUT2D eigenvalue weighted by Crippen LogP contribution is -2.16. The molecule has 1 heteroatoms. The van der Waals surface area contributed by atoms with Crippen LogP contribution in [-0.4, -0.2) is 18.5 Å². The van der Waals surface area contributed by atoms with Gasteiger partial charge in [0.2, 0.25) is 0 Å². The molecule has 1 aliphatic carbocycles. The predicted octanol–water partition coefficient (Wildman–Crippen LogP) is 11.3. The van der Waals surface area contributed by atoms with E-state index in [0.29, 0.717) is 11.8 Å². The molecule has 1 heterocycles. The first-order valence-corrected chi connectivity index (χ1v) is 15.2. The molecule has 1 nitrogen and oxygen atoms in total. The van der Waals surface area contributed by atoms with Gasteiger partial charge in [0.05, 0.1) is 0 Å². The summed E-state index contributed by atoms with van der Waals surface area (Å²) in [7, 11) is 2.13. The highest BCUT2D eigenvalue weighted by Crippen LogP contribution is 2.34. The molecule has 0 bridgehead atoms. The molecule has 0 aromatic carbocycles. The van der Waals surface area contributed by atoms with Gasteiger partial charge in [-0.05, 0) is 93.2 Å². The predicted molar refractivity (Wildman–Crippen MR) is 185 cm³/mol. The van der Waals surface area contributed by atoms with E-state index in [1.807, 2.05) is 0 Å². The van der Waals surface area contributed by atoms with Gasteiger partial charge in [0.25, 0.3) is 0 Å². The maximum Gasteiger partial charge on any atom is 0.0354 e. The minimum atomic E-state index is 0.326. The standard InChI is InChI=1S/C40H53N/c1-11-14-17-21-32(7)38(36-22-18-15-16-19-23-36)25-26-39(37-24-20-27-41(10)29-37)34(9)33(8)28-35(13-3)40(30(4)5)31(6)12-2/h13-24,26,28-29,36,38H,4,9,11-12,25,27H2,1-3,5-8,10H3/b17-14-,32-21+,33-28-,35-13+,39-26+,40-31+. The summed E-state index contributed by atoms with van der Waals surface area (Å²) in [6.45, 7) is 25.1. The molecule has 2 rings (SSSR count). The number of rotatable bonds is 13. The zero-order chi connectivity index (χ0) is 30.4. The van der Waals surface area contributed by atoms with Gasteiger partial charge in [-0.1, -0.05) is 129 Å². The van der Waals surface area contributed by atoms with Crippen LogP contribution in [0.3, 0.4) is 0 Å². The van der Waals surface area contributed by atoms with Gasteiger partial charge >= 0.3 is 0 Å². The molecule has 0 fully saturated rings. The second kappa shape index (κ2) is 17.3. The van der Waals surface area contributed by atoms with E-state index in [2.05, 4.69) is 165 Å². The summed E-state index contributed by atoms with van der Waals surface area (Å²) in [5, 5.41) is 0. The van der Waals surface area contributed by atoms with Crippen LogP contribution in [0.15, 0.2) is 155 Å². The Labute approximate surface area is 252 Å². The van der Waals surface area contributed by atoms with Gasteiger partial charge in [0.15, 0.2) is 0 Å². The van der Waals surface area contributed by atoms with Crippen molar-refractivity contribution in [1.82, 2.24) is 4.90 Å². The van der Waals surface area contributed by atoms with Gasteiger partial charge in [-0.3, -0.25) is 0 Å². The highest BCUT2D eigenvalue weighted by molar-refractivity contribution is 5.61. The van der Waals surface area contributed by atoms with Gasteiger partial charge in [0, 0.05) is 25.7 Å². The van der Waals surface area contributed by atoms with Crippen LogP contribution in [-0.2, 0) is 0 Å². The largest absolute Gasteiger partial charge is 0.376 e. The second-order valence-electron chi connectivity index (χ2n) is 11.2. The van der Waals surface area contributed by atoms with Crippen molar-refractivity contribution in [2.24, 2.45) is 11.8 Å². The second-order valence-corrected chi connectivity index (χ2v) is 11.2. The summed E-state index contributed by atoms with van der Waals surface area (Å²) in [5.41, 5.74) is 10.9. The van der Waals surface area contributed by atoms with E-state index in [1.54, 1.807) is 0 Å². The van der Waals surface area contributed by atoms with Crippen molar-refractivity contribution in [3.63, 3.8) is 0 Å². The summed E-state index contributed by atoms with van der Waals surface area (Å²) >= 11 is 0. The Morgan fingerprint density at radius 1 is 1.05 bits per heavy atom. The van der Waals surface area contributed by atoms with Crippen LogP contribution in [0.4, 0.5) is 0 Å². The third-order valence-electron chi connectivity index (χ3n) is 7.87. The first kappa shape index (κ1) is 33.6. The minimum Gasteiger partial charge on any atom is -0.376 e. The molecule has 218 valence electrons. The van der Waals surface area contributed by atoms with Crippen molar-refractivity contribution >= 4 is 0 Å². The summed E-state index contributed by atoms with van der Waals surface area (Å²) < 4.78 is 0. The van der Waals surface area contributed by atoms with E-state index >= 15 is 0 Å². The van der Waals surface area contributed by atoms with Crippen LogP contribution in [0, 0.1) is 11.8 Å². The zero-order valence-electron chi connectivity index (χ0n) is 27.0. The number of nitrogens with zero attached hydrogens (tertiary/aromatic N) is 1. The molecular formula is C40H53N. The molecule has 0 aromatic rings. The van der Waals surface area contributed by atoms with E-state index in [-0.39, 0.29) is 0 Å². The Balaban J connectivity index is 2.60. The fourth-order valence-corrected chi connectivity index (χ4v) is 5.34. The fourth-order valence-electron chi connectivity index (χ4n) is 5.34. The maximum atomic E-state index is 4.66. The molecule has 0 aromatic heterocycles. The topological polar surface area (TPSA) is 3.24 Å². The van der Waals surface area contributed by atoms with Crippen LogP contribution in [0.2, 0.25) is 0 Å². The van der Waals surface area contributed by atoms with Crippen LogP contribution in [0.1, 0.15) is 67.7 Å². The summed E-state index contributed by atoms with van der Waals surface area (Å²) in [4.78, 5) is 2.24. The fraction of sp³-hybridized carbons (Fsp3) is 0.350. The first-order chi connectivity index (χ1) is 19.6. The molecule has 2 aliphatic rings. The van der Waals surface area contributed by atoms with E-state index < -0.39 is 0 Å². The van der Waals surface area contributed by atoms with Gasteiger partial charge in [-0.15, -0.1) is 0 Å². The van der Waals surface area contributed by atoms with Crippen molar-refractivity contribution in [3.05, 3.63) is 155 Å². The van der Waals surface area contributed by atoms with Crippen LogP contribution in [0.5, 0.6) is 0 Å². The summed E-state index contributed by atoms with van der Waals surface area (Å²) in [6.07, 6.45) is 36.5. The zero-order valence-corrected chi connectivity index (χ0v) is 27.0. The van der Waals surface area contributed by atoms with Gasteiger partial charge in [-0.25, -0.2) is 0 Å². The van der Waals surface area contributed by atoms with E-state index in [9.17, 15) is 0 Å². The molecule has 0 radical (unpaired) electrons. The molecule has 1 unspecified atom stereocenters. The lowest BCUT2D eigenvalue weighted by atomic mass is 9.81. The Hall–Kier alpha value is -3.58. The van der Waals surface area contributed by atoms with Gasteiger partial charge < -0.3 is 4.90 Å². The van der Waals surface area contributed by atoms with E-state index in [4.69, 9.17) is 0 Å². The molecule has 0 saturated heterocycles. The quantitative estimate of drug-likeness (QED) is 0.207. The average Bonchev–Trinajstić information content (AvgIpc) is 3.23. The van der Waals surface area contributed by atoms with E-state index in [0.717, 1.165) is 37.0 Å². The maximum absolute atomic E-state index is 4.66. The summed E-state index contributed by atoms with van der Waals surface area (Å²) in [6, 6.07) is 0. The van der Waals surface area contributed by atoms with E-state index in [1.165, 1.54) is 39.0 Å². The molecule has 41 heavy (non-hydrogen) atoms. The minimum absolute atomic E-state index is 0.326. The van der Waals surface area contributed by atoms with Crippen LogP contribution < -0.4 is 0 Å². The lowest BCUT2D eigenvalue weighted by molar-refractivity contribution is 0.500. The molecule has 0 saturated carbocycles. The Morgan fingerprint density at radius 2 is 1.73 bits per heavy atom. The molecular weight excluding hydrogens is 494 g/mol. The highest BCUT2D eigenvalue weighted by atomic mass is 15.1. The SMILES string of the molecule is C=C(\C(C)=C/C(=C\C)C(/C(=C)C)=C(\C)CC)/C(=C\CC(/C(C)=C/C=C\CC)C1C=CC=CC=C1)C1=CN(C)CC=C1. The van der Waals surface area contributed by atoms with Crippen LogP contribution in [0.25, 0.3) is 0 Å². The third-order valence-corrected chi connectivity index (χ3v) is 7.87. The number of allylic oxidation sites excluding steroid dienone is 22. The molecule has 0 spiro atoms. The Morgan fingerprint density at radius 3 is 2.29 bits per heavy atom. The summed E-state index contributed by atoms with van der Waals surface area (Å²) in [5.74, 6) is 0.672. The van der Waals surface area contributed by atoms with Crippen LogP contribution >= 0.6 is 0 Å². The number of hydrogen-bond donors (Lipinski definition) is 0. The highest BCUT2D eigenvalue weighted by Gasteiger charge is 2.20. The Bertz CT molecular complexity index is 1270. The normalized spacial score (nSPS) is 18.5. The smallest absolute Gasteiger partial charge is 0.0354 e. The number of hydrogen-bond acceptors (Lipinski definition) is 1. The van der Waals surface area contributed by atoms with Crippen molar-refractivity contribution in [2.75, 3.05) is 13.6 Å². The van der Waals surface area contributed by atoms with Crippen molar-refractivity contribution in [1.29, 1.82) is 0 Å². The van der Waals surface area contributed by atoms with Crippen molar-refractivity contribution in [2.45, 2.75) is 67.7 Å². The molecule has 1 aliphatic heterocycles. The average molecular weight is 548 g/mol. The molecule has 1 atom stereocenters. The lowest BCUT2D eigenvalue weighted by Gasteiger charge is -2.25. The third kappa shape index (κ3) is 10.1. The van der Waals surface area contributed by atoms with Crippen molar-refractivity contribution < 1.29 is 0 Å². The molecule has 0 N–H and O–H groups in total. The first-order valence-electron chi connectivity index (χ1n) is 15.2. The molecule has 0 amide bonds. The Kier molecular flexibility index (Phi) is 14.2. The van der Waals surface area contributed by atoms with Crippen molar-refractivity contribution in [3.8, 4) is 0 Å². The monoisotopic (exact) mass is 547 g/mol. The van der Waals surface area contributed by atoms with Gasteiger partial charge in [0.1, 0.15) is 0 Å². The number of likely N-dealkylation sites (N-methyl/N-ethyl adjacent to an activating group) is 1.